The minimum atomic E-state index is -0.753. The van der Waals surface area contributed by atoms with E-state index in [0.29, 0.717) is 19.5 Å². The average molecular weight is 288 g/mol. The summed E-state index contributed by atoms with van der Waals surface area (Å²) in [6, 6.07) is 9.72. The molecule has 0 radical (unpaired) electrons. The lowest BCUT2D eigenvalue weighted by Gasteiger charge is -2.49. The first-order valence-corrected chi connectivity index (χ1v) is 7.29. The second-order valence-electron chi connectivity index (χ2n) is 6.15. The molecular weight excluding hydrogens is 268 g/mol. The molecule has 0 saturated carbocycles. The van der Waals surface area contributed by atoms with Gasteiger partial charge in [-0.05, 0) is 11.5 Å². The van der Waals surface area contributed by atoms with Crippen LogP contribution in [0.5, 0.6) is 0 Å². The highest BCUT2D eigenvalue weighted by Crippen LogP contribution is 2.30. The average Bonchev–Trinajstić information content (AvgIpc) is 2.93. The molecule has 5 nitrogen and oxygen atoms in total. The fourth-order valence-corrected chi connectivity index (χ4v) is 2.65. The zero-order valence-electron chi connectivity index (χ0n) is 12.3. The molecule has 112 valence electrons. The number of aliphatic hydroxyl groups is 1. The van der Waals surface area contributed by atoms with E-state index in [0.717, 1.165) is 11.3 Å². The van der Waals surface area contributed by atoms with E-state index in [1.165, 1.54) is 0 Å². The Morgan fingerprint density at radius 1 is 1.38 bits per heavy atom. The van der Waals surface area contributed by atoms with Gasteiger partial charge in [0.2, 0.25) is 6.10 Å². The van der Waals surface area contributed by atoms with Gasteiger partial charge in [-0.3, -0.25) is 4.79 Å². The molecule has 1 saturated heterocycles. The van der Waals surface area contributed by atoms with Crippen LogP contribution in [-0.4, -0.2) is 46.4 Å². The molecule has 0 spiro atoms. The van der Waals surface area contributed by atoms with Crippen LogP contribution in [0.4, 0.5) is 0 Å². The van der Waals surface area contributed by atoms with E-state index < -0.39 is 11.7 Å². The number of hydrogen-bond acceptors (Lipinski definition) is 4. The number of carbonyl (C=O) groups is 1. The van der Waals surface area contributed by atoms with Crippen molar-refractivity contribution in [2.75, 3.05) is 13.1 Å². The first-order chi connectivity index (χ1) is 9.99. The van der Waals surface area contributed by atoms with Gasteiger partial charge in [-0.2, -0.15) is 0 Å². The molecule has 1 fully saturated rings. The van der Waals surface area contributed by atoms with E-state index in [1.807, 2.05) is 44.2 Å². The number of benzene rings is 1. The van der Waals surface area contributed by atoms with Crippen LogP contribution in [0, 0.1) is 5.92 Å². The van der Waals surface area contributed by atoms with Gasteiger partial charge in [0.15, 0.2) is 0 Å². The normalized spacial score (nSPS) is 23.5. The number of nitrogens with zero attached hydrogens (tertiary/aromatic N) is 2. The fraction of sp³-hybridized carbons (Fsp3) is 0.500. The standard InChI is InChI=1S/C16H20N2O3/c1-11(2)16(20)9-18(10-16)15(19)14-8-13(17-21-14)12-6-4-3-5-7-12/h3-7,11,14,20H,8-10H2,1-2H3. The van der Waals surface area contributed by atoms with Crippen LogP contribution >= 0.6 is 0 Å². The number of amides is 1. The van der Waals surface area contributed by atoms with Crippen molar-refractivity contribution in [1.82, 2.24) is 4.90 Å². The molecule has 1 N–H and O–H groups in total. The van der Waals surface area contributed by atoms with Gasteiger partial charge >= 0.3 is 0 Å². The first-order valence-electron chi connectivity index (χ1n) is 7.29. The molecule has 1 aromatic rings. The minimum absolute atomic E-state index is 0.0880. The van der Waals surface area contributed by atoms with E-state index in [9.17, 15) is 9.90 Å². The summed E-state index contributed by atoms with van der Waals surface area (Å²) < 4.78 is 0. The van der Waals surface area contributed by atoms with Gasteiger partial charge in [-0.15, -0.1) is 0 Å². The van der Waals surface area contributed by atoms with E-state index in [4.69, 9.17) is 4.84 Å². The SMILES string of the molecule is CC(C)C1(O)CN(C(=O)C2CC(c3ccccc3)=NO2)C1. The van der Waals surface area contributed by atoms with Gasteiger partial charge in [0, 0.05) is 6.42 Å². The van der Waals surface area contributed by atoms with Gasteiger partial charge in [-0.25, -0.2) is 0 Å². The molecule has 0 aliphatic carbocycles. The van der Waals surface area contributed by atoms with Crippen molar-refractivity contribution in [3.63, 3.8) is 0 Å². The summed E-state index contributed by atoms with van der Waals surface area (Å²) in [5.41, 5.74) is 1.03. The number of oxime groups is 1. The van der Waals surface area contributed by atoms with Crippen molar-refractivity contribution in [2.24, 2.45) is 11.1 Å². The third-order valence-corrected chi connectivity index (χ3v) is 4.37. The molecule has 2 aliphatic rings. The Balaban J connectivity index is 1.58. The van der Waals surface area contributed by atoms with Crippen molar-refractivity contribution in [3.8, 4) is 0 Å². The summed E-state index contributed by atoms with van der Waals surface area (Å²) >= 11 is 0. The second kappa shape index (κ2) is 5.15. The minimum Gasteiger partial charge on any atom is -0.386 e. The molecule has 0 aromatic heterocycles. The van der Waals surface area contributed by atoms with Gasteiger partial charge in [0.25, 0.3) is 5.91 Å². The second-order valence-corrected chi connectivity index (χ2v) is 6.15. The summed E-state index contributed by atoms with van der Waals surface area (Å²) in [6.45, 7) is 4.68. The zero-order chi connectivity index (χ0) is 15.0. The molecular formula is C16H20N2O3. The van der Waals surface area contributed by atoms with Crippen molar-refractivity contribution in [2.45, 2.75) is 32.0 Å². The van der Waals surface area contributed by atoms with E-state index >= 15 is 0 Å². The third-order valence-electron chi connectivity index (χ3n) is 4.37. The van der Waals surface area contributed by atoms with Crippen molar-refractivity contribution in [1.29, 1.82) is 0 Å². The van der Waals surface area contributed by atoms with Crippen LogP contribution < -0.4 is 0 Å². The van der Waals surface area contributed by atoms with Crippen molar-refractivity contribution < 1.29 is 14.7 Å². The molecule has 1 amide bonds. The van der Waals surface area contributed by atoms with E-state index in [1.54, 1.807) is 4.90 Å². The highest BCUT2D eigenvalue weighted by atomic mass is 16.6. The molecule has 1 atom stereocenters. The molecule has 1 aromatic carbocycles. The predicted octanol–water partition coefficient (Wildman–Crippen LogP) is 1.41. The Bertz CT molecular complexity index is 562. The number of β-amino-alcohol motifs (C(OH)–C–C–N with tert-alkyl or cyclic N) is 1. The van der Waals surface area contributed by atoms with Gasteiger partial charge < -0.3 is 14.8 Å². The smallest absolute Gasteiger partial charge is 0.267 e. The van der Waals surface area contributed by atoms with Crippen molar-refractivity contribution >= 4 is 11.6 Å². The molecule has 2 heterocycles. The van der Waals surface area contributed by atoms with Crippen LogP contribution in [0.15, 0.2) is 35.5 Å². The lowest BCUT2D eigenvalue weighted by atomic mass is 9.82. The largest absolute Gasteiger partial charge is 0.386 e. The Morgan fingerprint density at radius 2 is 2.05 bits per heavy atom. The summed E-state index contributed by atoms with van der Waals surface area (Å²) in [5, 5.41) is 14.2. The fourth-order valence-electron chi connectivity index (χ4n) is 2.65. The molecule has 21 heavy (non-hydrogen) atoms. The number of hydrogen-bond donors (Lipinski definition) is 1. The maximum absolute atomic E-state index is 12.3. The van der Waals surface area contributed by atoms with Crippen LogP contribution in [-0.2, 0) is 9.63 Å². The number of likely N-dealkylation sites (tertiary alicyclic amines) is 1. The molecule has 2 aliphatic heterocycles. The summed E-state index contributed by atoms with van der Waals surface area (Å²) in [7, 11) is 0. The monoisotopic (exact) mass is 288 g/mol. The summed E-state index contributed by atoms with van der Waals surface area (Å²) in [4.78, 5) is 19.3. The molecule has 3 rings (SSSR count). The van der Waals surface area contributed by atoms with Crippen LogP contribution in [0.2, 0.25) is 0 Å². The van der Waals surface area contributed by atoms with E-state index in [2.05, 4.69) is 5.16 Å². The third kappa shape index (κ3) is 2.53. The predicted molar refractivity (Wildman–Crippen MR) is 78.8 cm³/mol. The molecule has 0 bridgehead atoms. The zero-order valence-corrected chi connectivity index (χ0v) is 12.3. The van der Waals surface area contributed by atoms with E-state index in [-0.39, 0.29) is 11.8 Å². The van der Waals surface area contributed by atoms with Crippen LogP contribution in [0.1, 0.15) is 25.8 Å². The Morgan fingerprint density at radius 3 is 2.67 bits per heavy atom. The molecule has 5 heteroatoms. The Hall–Kier alpha value is -1.88. The summed E-state index contributed by atoms with van der Waals surface area (Å²) in [6.07, 6.45) is -0.0728. The van der Waals surface area contributed by atoms with Crippen molar-refractivity contribution in [3.05, 3.63) is 35.9 Å². The number of carbonyl (C=O) groups excluding carboxylic acids is 1. The topological polar surface area (TPSA) is 62.1 Å². The maximum atomic E-state index is 12.3. The Labute approximate surface area is 124 Å². The van der Waals surface area contributed by atoms with Gasteiger partial charge in [0.05, 0.1) is 18.8 Å². The van der Waals surface area contributed by atoms with Gasteiger partial charge in [-0.1, -0.05) is 49.3 Å². The Kier molecular flexibility index (Phi) is 3.45. The summed E-state index contributed by atoms with van der Waals surface area (Å²) in [5.74, 6) is 0.0529. The number of rotatable bonds is 3. The first kappa shape index (κ1) is 14.1. The maximum Gasteiger partial charge on any atom is 0.267 e. The lowest BCUT2D eigenvalue weighted by molar-refractivity contribution is -0.172. The van der Waals surface area contributed by atoms with Gasteiger partial charge in [0.1, 0.15) is 5.60 Å². The molecule has 1 unspecified atom stereocenters. The van der Waals surface area contributed by atoms with Crippen LogP contribution in [0.25, 0.3) is 0 Å². The lowest BCUT2D eigenvalue weighted by Crippen LogP contribution is -2.67. The highest BCUT2D eigenvalue weighted by molar-refractivity contribution is 6.04. The highest BCUT2D eigenvalue weighted by Gasteiger charge is 2.48. The quantitative estimate of drug-likeness (QED) is 0.914. The van der Waals surface area contributed by atoms with Crippen LogP contribution in [0.3, 0.4) is 0 Å².